The van der Waals surface area contributed by atoms with E-state index in [1.54, 1.807) is 12.1 Å². The van der Waals surface area contributed by atoms with Crippen molar-refractivity contribution in [1.29, 1.82) is 0 Å². The molecular formula is C19H23FN4O. The summed E-state index contributed by atoms with van der Waals surface area (Å²) in [5.74, 6) is -0.0160. The first kappa shape index (κ1) is 16.3. The summed E-state index contributed by atoms with van der Waals surface area (Å²) < 4.78 is 15.2. The van der Waals surface area contributed by atoms with Gasteiger partial charge in [0.15, 0.2) is 0 Å². The molecule has 2 atom stereocenters. The molecule has 132 valence electrons. The van der Waals surface area contributed by atoms with E-state index < -0.39 is 5.95 Å². The predicted molar refractivity (Wildman–Crippen MR) is 93.6 cm³/mol. The molecule has 6 heteroatoms. The molecule has 0 aromatic carbocycles. The van der Waals surface area contributed by atoms with E-state index in [0.717, 1.165) is 31.6 Å². The second-order valence-electron chi connectivity index (χ2n) is 7.14. The van der Waals surface area contributed by atoms with Gasteiger partial charge in [-0.05, 0) is 57.0 Å². The third-order valence-electron chi connectivity index (χ3n) is 5.85. The van der Waals surface area contributed by atoms with Crippen LogP contribution in [0, 0.1) is 11.9 Å². The lowest BCUT2D eigenvalue weighted by Crippen LogP contribution is -2.62. The number of pyridine rings is 1. The summed E-state index contributed by atoms with van der Waals surface area (Å²) in [6.07, 6.45) is 3.75. The Morgan fingerprint density at radius 2 is 2.04 bits per heavy atom. The highest BCUT2D eigenvalue weighted by Gasteiger charge is 2.40. The van der Waals surface area contributed by atoms with Gasteiger partial charge in [0, 0.05) is 42.7 Å². The van der Waals surface area contributed by atoms with Gasteiger partial charge in [-0.15, -0.1) is 0 Å². The standard InChI is InChI=1S/C19H23FN4O/c1-12-18(13-6-9-24(12)10-7-13)22-19(25)16-4-3-15(23(16)2)14-5-8-21-17(20)11-14/h3-5,8,11-13,18H,6-7,9-10H2,1-2H3,(H,22,25). The van der Waals surface area contributed by atoms with Crippen LogP contribution in [0.1, 0.15) is 30.3 Å². The van der Waals surface area contributed by atoms with E-state index in [1.165, 1.54) is 12.3 Å². The van der Waals surface area contributed by atoms with Crippen LogP contribution in [0.4, 0.5) is 4.39 Å². The van der Waals surface area contributed by atoms with Gasteiger partial charge in [-0.2, -0.15) is 4.39 Å². The minimum absolute atomic E-state index is 0.0612. The van der Waals surface area contributed by atoms with Crippen molar-refractivity contribution in [3.8, 4) is 11.3 Å². The Morgan fingerprint density at radius 1 is 1.28 bits per heavy atom. The Labute approximate surface area is 146 Å². The zero-order valence-electron chi connectivity index (χ0n) is 14.6. The van der Waals surface area contributed by atoms with Crippen LogP contribution >= 0.6 is 0 Å². The molecule has 5 nitrogen and oxygen atoms in total. The van der Waals surface area contributed by atoms with Crippen LogP contribution in [0.3, 0.4) is 0 Å². The lowest BCUT2D eigenvalue weighted by atomic mass is 9.79. The molecule has 0 radical (unpaired) electrons. The van der Waals surface area contributed by atoms with Crippen LogP contribution in [0.5, 0.6) is 0 Å². The minimum Gasteiger partial charge on any atom is -0.346 e. The fourth-order valence-corrected chi connectivity index (χ4v) is 4.36. The second-order valence-corrected chi connectivity index (χ2v) is 7.14. The number of hydrogen-bond donors (Lipinski definition) is 1. The molecular weight excluding hydrogens is 319 g/mol. The summed E-state index contributed by atoms with van der Waals surface area (Å²) in [6, 6.07) is 7.36. The average molecular weight is 342 g/mol. The Hall–Kier alpha value is -2.21. The zero-order valence-corrected chi connectivity index (χ0v) is 14.6. The van der Waals surface area contributed by atoms with Crippen LogP contribution in [-0.4, -0.2) is 45.5 Å². The number of aromatic nitrogens is 2. The molecule has 1 N–H and O–H groups in total. The van der Waals surface area contributed by atoms with Crippen molar-refractivity contribution in [3.63, 3.8) is 0 Å². The third kappa shape index (κ3) is 2.84. The van der Waals surface area contributed by atoms with E-state index in [9.17, 15) is 9.18 Å². The van der Waals surface area contributed by atoms with Gasteiger partial charge < -0.3 is 9.88 Å². The molecule has 0 saturated carbocycles. The molecule has 3 aliphatic heterocycles. The van der Waals surface area contributed by atoms with Crippen molar-refractivity contribution in [3.05, 3.63) is 42.1 Å². The molecule has 2 unspecified atom stereocenters. The van der Waals surface area contributed by atoms with Crippen LogP contribution in [0.25, 0.3) is 11.3 Å². The lowest BCUT2D eigenvalue weighted by molar-refractivity contribution is 0.0215. The number of carbonyl (C=O) groups excluding carboxylic acids is 1. The predicted octanol–water partition coefficient (Wildman–Crippen LogP) is 2.44. The summed E-state index contributed by atoms with van der Waals surface area (Å²) in [5.41, 5.74) is 2.11. The second kappa shape index (κ2) is 6.26. The summed E-state index contributed by atoms with van der Waals surface area (Å²) in [5, 5.41) is 3.25. The van der Waals surface area contributed by atoms with E-state index in [1.807, 2.05) is 17.7 Å². The molecule has 0 spiro atoms. The van der Waals surface area contributed by atoms with Crippen molar-refractivity contribution in [2.24, 2.45) is 13.0 Å². The van der Waals surface area contributed by atoms with Crippen LogP contribution < -0.4 is 5.32 Å². The van der Waals surface area contributed by atoms with E-state index >= 15 is 0 Å². The fraction of sp³-hybridized carbons (Fsp3) is 0.474. The number of piperidine rings is 3. The summed E-state index contributed by atoms with van der Waals surface area (Å²) in [4.78, 5) is 18.9. The van der Waals surface area contributed by atoms with Crippen molar-refractivity contribution in [2.75, 3.05) is 13.1 Å². The van der Waals surface area contributed by atoms with Crippen molar-refractivity contribution >= 4 is 5.91 Å². The summed E-state index contributed by atoms with van der Waals surface area (Å²) in [6.45, 7) is 4.48. The number of rotatable bonds is 3. The quantitative estimate of drug-likeness (QED) is 0.872. The van der Waals surface area contributed by atoms with E-state index in [2.05, 4.69) is 22.1 Å². The highest BCUT2D eigenvalue weighted by Crippen LogP contribution is 2.32. The number of nitrogens with one attached hydrogen (secondary N) is 1. The largest absolute Gasteiger partial charge is 0.346 e. The smallest absolute Gasteiger partial charge is 0.268 e. The highest BCUT2D eigenvalue weighted by atomic mass is 19.1. The topological polar surface area (TPSA) is 50.2 Å². The van der Waals surface area contributed by atoms with Gasteiger partial charge in [0.05, 0.1) is 0 Å². The number of carbonyl (C=O) groups is 1. The molecule has 2 aromatic heterocycles. The van der Waals surface area contributed by atoms with E-state index in [0.29, 0.717) is 23.2 Å². The first-order valence-corrected chi connectivity index (χ1v) is 8.87. The van der Waals surface area contributed by atoms with Crippen LogP contribution in [-0.2, 0) is 7.05 Å². The molecule has 5 rings (SSSR count). The molecule has 3 aliphatic rings. The van der Waals surface area contributed by atoms with Gasteiger partial charge >= 0.3 is 0 Å². The van der Waals surface area contributed by atoms with Crippen LogP contribution in [0.2, 0.25) is 0 Å². The number of amides is 1. The maximum Gasteiger partial charge on any atom is 0.268 e. The molecule has 0 aliphatic carbocycles. The molecule has 25 heavy (non-hydrogen) atoms. The first-order valence-electron chi connectivity index (χ1n) is 8.87. The summed E-state index contributed by atoms with van der Waals surface area (Å²) >= 11 is 0. The zero-order chi connectivity index (χ0) is 17.6. The summed E-state index contributed by atoms with van der Waals surface area (Å²) in [7, 11) is 1.84. The Bertz CT molecular complexity index is 792. The molecule has 3 fully saturated rings. The monoisotopic (exact) mass is 342 g/mol. The van der Waals surface area contributed by atoms with E-state index in [4.69, 9.17) is 0 Å². The van der Waals surface area contributed by atoms with Gasteiger partial charge in [-0.25, -0.2) is 4.98 Å². The van der Waals surface area contributed by atoms with Crippen LogP contribution in [0.15, 0.2) is 30.5 Å². The Morgan fingerprint density at radius 3 is 2.72 bits per heavy atom. The number of hydrogen-bond acceptors (Lipinski definition) is 3. The number of halogens is 1. The van der Waals surface area contributed by atoms with Gasteiger partial charge in [-0.1, -0.05) is 0 Å². The van der Waals surface area contributed by atoms with Crippen molar-refractivity contribution in [1.82, 2.24) is 19.8 Å². The first-order chi connectivity index (χ1) is 12.0. The van der Waals surface area contributed by atoms with Crippen molar-refractivity contribution in [2.45, 2.75) is 31.8 Å². The Kier molecular flexibility index (Phi) is 4.07. The third-order valence-corrected chi connectivity index (χ3v) is 5.85. The van der Waals surface area contributed by atoms with E-state index in [-0.39, 0.29) is 11.9 Å². The number of nitrogens with zero attached hydrogens (tertiary/aromatic N) is 3. The Balaban J connectivity index is 1.55. The molecule has 5 heterocycles. The highest BCUT2D eigenvalue weighted by molar-refractivity contribution is 5.94. The van der Waals surface area contributed by atoms with Gasteiger partial charge in [-0.3, -0.25) is 9.69 Å². The van der Waals surface area contributed by atoms with Gasteiger partial charge in [0.25, 0.3) is 5.91 Å². The molecule has 2 aromatic rings. The molecule has 3 saturated heterocycles. The number of fused-ring (bicyclic) bond motifs is 3. The SMILES string of the molecule is CC1C(NC(=O)c2ccc(-c3ccnc(F)c3)n2C)C2CCN1CC2. The fourth-order valence-electron chi connectivity index (χ4n) is 4.36. The lowest BCUT2D eigenvalue weighted by Gasteiger charge is -2.49. The normalized spacial score (nSPS) is 28.1. The molecule has 2 bridgehead atoms. The average Bonchev–Trinajstić information content (AvgIpc) is 3.00. The maximum absolute atomic E-state index is 13.4. The van der Waals surface area contributed by atoms with Gasteiger partial charge in [0.2, 0.25) is 5.95 Å². The maximum atomic E-state index is 13.4. The molecule has 1 amide bonds. The van der Waals surface area contributed by atoms with Gasteiger partial charge in [0.1, 0.15) is 5.69 Å². The minimum atomic E-state index is -0.522. The van der Waals surface area contributed by atoms with Crippen molar-refractivity contribution < 1.29 is 9.18 Å².